The topological polar surface area (TPSA) is 88.7 Å². The summed E-state index contributed by atoms with van der Waals surface area (Å²) in [5.41, 5.74) is 1.70. The first-order chi connectivity index (χ1) is 10.1. The molecule has 1 aromatic rings. The van der Waals surface area contributed by atoms with Gasteiger partial charge in [0.15, 0.2) is 0 Å². The van der Waals surface area contributed by atoms with Crippen molar-refractivity contribution in [2.45, 2.75) is 26.2 Å². The van der Waals surface area contributed by atoms with Gasteiger partial charge in [0.1, 0.15) is 11.6 Å². The summed E-state index contributed by atoms with van der Waals surface area (Å²) in [7, 11) is 0. The van der Waals surface area contributed by atoms with E-state index in [1.807, 2.05) is 50.3 Å². The van der Waals surface area contributed by atoms with Gasteiger partial charge >= 0.3 is 0 Å². The van der Waals surface area contributed by atoms with Crippen molar-refractivity contribution in [3.05, 3.63) is 41.6 Å². The van der Waals surface area contributed by atoms with Gasteiger partial charge in [0, 0.05) is 18.4 Å². The minimum atomic E-state index is -0.463. The van der Waals surface area contributed by atoms with Crippen LogP contribution in [0, 0.1) is 22.7 Å². The van der Waals surface area contributed by atoms with Crippen molar-refractivity contribution in [3.63, 3.8) is 0 Å². The second-order valence-electron chi connectivity index (χ2n) is 4.73. The van der Waals surface area contributed by atoms with E-state index >= 15 is 0 Å². The van der Waals surface area contributed by atoms with Crippen LogP contribution in [-0.4, -0.2) is 12.5 Å². The molecule has 0 saturated heterocycles. The SMILES string of the molecule is CC(C)c1ccccc1NC(=O)/C(C#N)=C\NCCC#N. The maximum atomic E-state index is 12.1. The summed E-state index contributed by atoms with van der Waals surface area (Å²) in [4.78, 5) is 12.1. The van der Waals surface area contributed by atoms with Gasteiger partial charge < -0.3 is 10.6 Å². The van der Waals surface area contributed by atoms with Crippen LogP contribution in [0.4, 0.5) is 5.69 Å². The van der Waals surface area contributed by atoms with Crippen molar-refractivity contribution in [2.75, 3.05) is 11.9 Å². The number of nitrogens with zero attached hydrogens (tertiary/aromatic N) is 2. The highest BCUT2D eigenvalue weighted by molar-refractivity contribution is 6.06. The van der Waals surface area contributed by atoms with Crippen LogP contribution < -0.4 is 10.6 Å². The van der Waals surface area contributed by atoms with Crippen molar-refractivity contribution < 1.29 is 4.79 Å². The highest BCUT2D eigenvalue weighted by atomic mass is 16.1. The van der Waals surface area contributed by atoms with Crippen molar-refractivity contribution in [2.24, 2.45) is 0 Å². The Balaban J connectivity index is 2.80. The number of nitrogens with one attached hydrogen (secondary N) is 2. The van der Waals surface area contributed by atoms with Crippen molar-refractivity contribution in [3.8, 4) is 12.1 Å². The highest BCUT2D eigenvalue weighted by Crippen LogP contribution is 2.23. The van der Waals surface area contributed by atoms with Gasteiger partial charge in [-0.1, -0.05) is 32.0 Å². The number of carbonyl (C=O) groups is 1. The summed E-state index contributed by atoms with van der Waals surface area (Å²) in [5, 5.41) is 23.0. The number of hydrogen-bond donors (Lipinski definition) is 2. The fourth-order valence-electron chi connectivity index (χ4n) is 1.75. The van der Waals surface area contributed by atoms with E-state index in [-0.39, 0.29) is 11.5 Å². The van der Waals surface area contributed by atoms with Crippen LogP contribution >= 0.6 is 0 Å². The molecule has 1 aromatic carbocycles. The van der Waals surface area contributed by atoms with Gasteiger partial charge in [0.05, 0.1) is 12.5 Å². The van der Waals surface area contributed by atoms with Crippen LogP contribution in [0.15, 0.2) is 36.0 Å². The Morgan fingerprint density at radius 2 is 2.05 bits per heavy atom. The van der Waals surface area contributed by atoms with E-state index in [4.69, 9.17) is 10.5 Å². The minimum absolute atomic E-state index is 0.0218. The molecule has 5 nitrogen and oxygen atoms in total. The first-order valence-corrected chi connectivity index (χ1v) is 6.71. The molecule has 0 heterocycles. The van der Waals surface area contributed by atoms with Gasteiger partial charge in [0.2, 0.25) is 0 Å². The molecule has 0 fully saturated rings. The number of rotatable bonds is 6. The molecule has 108 valence electrons. The highest BCUT2D eigenvalue weighted by Gasteiger charge is 2.12. The molecule has 0 aliphatic carbocycles. The standard InChI is InChI=1S/C16H18N4O/c1-12(2)14-6-3-4-7-15(14)20-16(21)13(10-18)11-19-9-5-8-17/h3-4,6-7,11-12,19H,5,9H2,1-2H3,(H,20,21)/b13-11-. The molecule has 21 heavy (non-hydrogen) atoms. The number of hydrogen-bond acceptors (Lipinski definition) is 4. The van der Waals surface area contributed by atoms with Crippen LogP contribution in [0.25, 0.3) is 0 Å². The lowest BCUT2D eigenvalue weighted by Crippen LogP contribution is -2.18. The van der Waals surface area contributed by atoms with Crippen molar-refractivity contribution in [1.82, 2.24) is 5.32 Å². The first kappa shape index (κ1) is 16.3. The number of nitriles is 2. The average Bonchev–Trinajstić information content (AvgIpc) is 2.47. The third-order valence-electron chi connectivity index (χ3n) is 2.82. The average molecular weight is 282 g/mol. The van der Waals surface area contributed by atoms with Gasteiger partial charge in [0.25, 0.3) is 5.91 Å². The molecule has 0 radical (unpaired) electrons. The fourth-order valence-corrected chi connectivity index (χ4v) is 1.75. The van der Waals surface area contributed by atoms with E-state index in [9.17, 15) is 4.79 Å². The predicted octanol–water partition coefficient (Wildman–Crippen LogP) is 2.66. The molecule has 5 heteroatoms. The smallest absolute Gasteiger partial charge is 0.267 e. The predicted molar refractivity (Wildman–Crippen MR) is 81.1 cm³/mol. The molecular formula is C16H18N4O. The lowest BCUT2D eigenvalue weighted by molar-refractivity contribution is -0.112. The van der Waals surface area contributed by atoms with Gasteiger partial charge in [-0.2, -0.15) is 10.5 Å². The Labute approximate surface area is 124 Å². The normalized spacial score (nSPS) is 10.6. The van der Waals surface area contributed by atoms with E-state index < -0.39 is 5.91 Å². The third-order valence-corrected chi connectivity index (χ3v) is 2.82. The van der Waals surface area contributed by atoms with E-state index in [2.05, 4.69) is 10.6 Å². The molecule has 1 rings (SSSR count). The van der Waals surface area contributed by atoms with E-state index in [1.165, 1.54) is 6.20 Å². The number of para-hydroxylation sites is 1. The molecule has 0 aromatic heterocycles. The summed E-state index contributed by atoms with van der Waals surface area (Å²) in [6.45, 7) is 4.47. The van der Waals surface area contributed by atoms with Crippen LogP contribution in [-0.2, 0) is 4.79 Å². The maximum absolute atomic E-state index is 12.1. The Morgan fingerprint density at radius 1 is 1.33 bits per heavy atom. The largest absolute Gasteiger partial charge is 0.389 e. The molecule has 0 saturated carbocycles. The number of amides is 1. The van der Waals surface area contributed by atoms with Crippen LogP contribution in [0.1, 0.15) is 31.7 Å². The summed E-state index contributed by atoms with van der Waals surface area (Å²) in [6.07, 6.45) is 1.65. The maximum Gasteiger partial charge on any atom is 0.267 e. The zero-order valence-corrected chi connectivity index (χ0v) is 12.2. The molecule has 0 unspecified atom stereocenters. The molecule has 0 spiro atoms. The first-order valence-electron chi connectivity index (χ1n) is 6.71. The molecule has 2 N–H and O–H groups in total. The Hall–Kier alpha value is -2.79. The summed E-state index contributed by atoms with van der Waals surface area (Å²) < 4.78 is 0. The lowest BCUT2D eigenvalue weighted by atomic mass is 10.0. The molecule has 0 bridgehead atoms. The summed E-state index contributed by atoms with van der Waals surface area (Å²) in [6, 6.07) is 11.3. The Kier molecular flexibility index (Phi) is 6.50. The van der Waals surface area contributed by atoms with E-state index in [0.29, 0.717) is 18.7 Å². The Bertz CT molecular complexity index is 605. The quantitative estimate of drug-likeness (QED) is 0.477. The van der Waals surface area contributed by atoms with Gasteiger partial charge in [-0.25, -0.2) is 0 Å². The summed E-state index contributed by atoms with van der Waals surface area (Å²) in [5.74, 6) is -0.195. The van der Waals surface area contributed by atoms with Crippen LogP contribution in [0.2, 0.25) is 0 Å². The van der Waals surface area contributed by atoms with Crippen molar-refractivity contribution in [1.29, 1.82) is 10.5 Å². The zero-order chi connectivity index (χ0) is 15.7. The number of carbonyl (C=O) groups excluding carboxylic acids is 1. The van der Waals surface area contributed by atoms with Crippen molar-refractivity contribution >= 4 is 11.6 Å². The summed E-state index contributed by atoms with van der Waals surface area (Å²) >= 11 is 0. The third kappa shape index (κ3) is 5.00. The molecule has 0 atom stereocenters. The Morgan fingerprint density at radius 3 is 2.67 bits per heavy atom. The number of benzene rings is 1. The van der Waals surface area contributed by atoms with Gasteiger partial charge in [-0.3, -0.25) is 4.79 Å². The van der Waals surface area contributed by atoms with Crippen LogP contribution in [0.3, 0.4) is 0 Å². The molecule has 1 amide bonds. The van der Waals surface area contributed by atoms with E-state index in [1.54, 1.807) is 0 Å². The van der Waals surface area contributed by atoms with Gasteiger partial charge in [-0.15, -0.1) is 0 Å². The zero-order valence-electron chi connectivity index (χ0n) is 12.2. The molecular weight excluding hydrogens is 264 g/mol. The van der Waals surface area contributed by atoms with E-state index in [0.717, 1.165) is 5.56 Å². The minimum Gasteiger partial charge on any atom is -0.389 e. The second-order valence-corrected chi connectivity index (χ2v) is 4.73. The van der Waals surface area contributed by atoms with Crippen LogP contribution in [0.5, 0.6) is 0 Å². The van der Waals surface area contributed by atoms with Gasteiger partial charge in [-0.05, 0) is 17.5 Å². The molecule has 0 aliphatic heterocycles. The fraction of sp³-hybridized carbons (Fsp3) is 0.312. The molecule has 0 aliphatic rings. The number of anilines is 1. The lowest BCUT2D eigenvalue weighted by Gasteiger charge is -2.13. The monoisotopic (exact) mass is 282 g/mol. The second kappa shape index (κ2) is 8.39.